The molecular weight excluding hydrogens is 275 g/mol. The lowest BCUT2D eigenvalue weighted by molar-refractivity contribution is 0.117. The minimum absolute atomic E-state index is 0.150. The quantitative estimate of drug-likeness (QED) is 0.725. The van der Waals surface area contributed by atoms with Crippen molar-refractivity contribution in [1.82, 2.24) is 5.32 Å². The molecule has 0 radical (unpaired) electrons. The van der Waals surface area contributed by atoms with Gasteiger partial charge in [-0.3, -0.25) is 0 Å². The van der Waals surface area contributed by atoms with Crippen molar-refractivity contribution in [3.8, 4) is 5.75 Å². The van der Waals surface area contributed by atoms with E-state index in [1.165, 1.54) is 18.2 Å². The van der Waals surface area contributed by atoms with Crippen LogP contribution in [0.3, 0.4) is 0 Å². The average molecular weight is 298 g/mol. The Kier molecular flexibility index (Phi) is 6.94. The summed E-state index contributed by atoms with van der Waals surface area (Å²) >= 11 is 0. The highest BCUT2D eigenvalue weighted by molar-refractivity contribution is 5.90. The zero-order valence-corrected chi connectivity index (χ0v) is 12.6. The van der Waals surface area contributed by atoms with Crippen LogP contribution in [0.2, 0.25) is 0 Å². The van der Waals surface area contributed by atoms with Gasteiger partial charge in [0.1, 0.15) is 11.6 Å². The van der Waals surface area contributed by atoms with Gasteiger partial charge < -0.3 is 20.5 Å². The third-order valence-electron chi connectivity index (χ3n) is 2.99. The highest BCUT2D eigenvalue weighted by Crippen LogP contribution is 2.25. The summed E-state index contributed by atoms with van der Waals surface area (Å²) in [6.07, 6.45) is 0.0300. The first kappa shape index (κ1) is 17.2. The minimum atomic E-state index is -0.449. The summed E-state index contributed by atoms with van der Waals surface area (Å²) in [5.74, 6) is 0.0100. The first-order valence-corrected chi connectivity index (χ1v) is 7.09. The molecule has 1 aromatic rings. The van der Waals surface area contributed by atoms with E-state index in [-0.39, 0.29) is 11.7 Å². The lowest BCUT2D eigenvalue weighted by Crippen LogP contribution is -2.32. The summed E-state index contributed by atoms with van der Waals surface area (Å²) in [4.78, 5) is 11.8. The van der Waals surface area contributed by atoms with Crippen molar-refractivity contribution in [2.24, 2.45) is 5.92 Å². The molecule has 1 aromatic carbocycles. The van der Waals surface area contributed by atoms with Crippen LogP contribution in [-0.4, -0.2) is 30.4 Å². The number of amides is 2. The maximum absolute atomic E-state index is 13.1. The van der Waals surface area contributed by atoms with E-state index in [1.807, 2.05) is 13.8 Å². The van der Waals surface area contributed by atoms with E-state index in [2.05, 4.69) is 10.6 Å². The second kappa shape index (κ2) is 8.46. The largest absolute Gasteiger partial charge is 0.492 e. The van der Waals surface area contributed by atoms with Crippen LogP contribution in [0.5, 0.6) is 5.75 Å². The second-order valence-corrected chi connectivity index (χ2v) is 5.05. The van der Waals surface area contributed by atoms with Gasteiger partial charge in [-0.25, -0.2) is 9.18 Å². The number of nitrogens with one attached hydrogen (secondary N) is 2. The molecule has 0 fully saturated rings. The van der Waals surface area contributed by atoms with E-state index in [0.29, 0.717) is 25.3 Å². The summed E-state index contributed by atoms with van der Waals surface area (Å²) in [7, 11) is 0. The highest BCUT2D eigenvalue weighted by Gasteiger charge is 2.11. The van der Waals surface area contributed by atoms with Gasteiger partial charge >= 0.3 is 6.03 Å². The molecule has 21 heavy (non-hydrogen) atoms. The van der Waals surface area contributed by atoms with E-state index < -0.39 is 18.0 Å². The molecule has 0 heterocycles. The van der Waals surface area contributed by atoms with E-state index in [1.54, 1.807) is 6.92 Å². The lowest BCUT2D eigenvalue weighted by Gasteiger charge is -2.15. The first-order valence-electron chi connectivity index (χ1n) is 7.09. The number of ether oxygens (including phenoxy) is 1. The van der Waals surface area contributed by atoms with E-state index in [9.17, 15) is 14.3 Å². The number of aliphatic hydroxyl groups is 1. The molecule has 5 nitrogen and oxygen atoms in total. The first-order chi connectivity index (χ1) is 9.93. The fraction of sp³-hybridized carbons (Fsp3) is 0.533. The van der Waals surface area contributed by atoms with Gasteiger partial charge in [-0.1, -0.05) is 13.8 Å². The number of anilines is 1. The van der Waals surface area contributed by atoms with E-state index in [0.717, 1.165) is 0 Å². The Morgan fingerprint density at radius 2 is 2.14 bits per heavy atom. The molecule has 2 amide bonds. The smallest absolute Gasteiger partial charge is 0.319 e. The van der Waals surface area contributed by atoms with Gasteiger partial charge in [-0.15, -0.1) is 0 Å². The van der Waals surface area contributed by atoms with E-state index >= 15 is 0 Å². The predicted molar refractivity (Wildman–Crippen MR) is 80.1 cm³/mol. The molecule has 1 rings (SSSR count). The van der Waals surface area contributed by atoms with Gasteiger partial charge in [0.2, 0.25) is 0 Å². The molecule has 0 saturated carbocycles. The normalized spacial score (nSPS) is 12.1. The Balaban J connectivity index is 2.51. The zero-order chi connectivity index (χ0) is 15.8. The number of hydrogen-bond donors (Lipinski definition) is 3. The van der Waals surface area contributed by atoms with Crippen LogP contribution < -0.4 is 15.4 Å². The van der Waals surface area contributed by atoms with Crippen molar-refractivity contribution in [3.63, 3.8) is 0 Å². The number of aliphatic hydroxyl groups excluding tert-OH is 1. The van der Waals surface area contributed by atoms with Crippen LogP contribution in [0.4, 0.5) is 14.9 Å². The number of hydrogen-bond acceptors (Lipinski definition) is 3. The second-order valence-electron chi connectivity index (χ2n) is 5.05. The topological polar surface area (TPSA) is 70.6 Å². The lowest BCUT2D eigenvalue weighted by atomic mass is 10.0. The maximum Gasteiger partial charge on any atom is 0.319 e. The van der Waals surface area contributed by atoms with Crippen molar-refractivity contribution in [3.05, 3.63) is 24.0 Å². The fourth-order valence-electron chi connectivity index (χ4n) is 1.71. The SMILES string of the molecule is CCOc1cc(F)ccc1NC(=O)NCCC(O)C(C)C. The van der Waals surface area contributed by atoms with Gasteiger partial charge in [0.25, 0.3) is 0 Å². The van der Waals surface area contributed by atoms with Crippen LogP contribution in [0.15, 0.2) is 18.2 Å². The van der Waals surface area contributed by atoms with Crippen molar-refractivity contribution in [2.45, 2.75) is 33.3 Å². The van der Waals surface area contributed by atoms with Crippen LogP contribution in [0, 0.1) is 11.7 Å². The van der Waals surface area contributed by atoms with E-state index in [4.69, 9.17) is 4.74 Å². The molecule has 0 aliphatic carbocycles. The Morgan fingerprint density at radius 1 is 1.43 bits per heavy atom. The Morgan fingerprint density at radius 3 is 2.76 bits per heavy atom. The van der Waals surface area contributed by atoms with Crippen molar-refractivity contribution in [1.29, 1.82) is 0 Å². The van der Waals surface area contributed by atoms with Gasteiger partial charge in [0, 0.05) is 12.6 Å². The number of benzene rings is 1. The highest BCUT2D eigenvalue weighted by atomic mass is 19.1. The van der Waals surface area contributed by atoms with Crippen molar-refractivity contribution in [2.75, 3.05) is 18.5 Å². The van der Waals surface area contributed by atoms with Gasteiger partial charge in [-0.05, 0) is 31.4 Å². The van der Waals surface area contributed by atoms with Crippen LogP contribution in [0.25, 0.3) is 0 Å². The summed E-state index contributed by atoms with van der Waals surface area (Å²) in [5, 5.41) is 14.9. The number of carbonyl (C=O) groups excluding carboxylic acids is 1. The van der Waals surface area contributed by atoms with Gasteiger partial charge in [0.15, 0.2) is 0 Å². The third-order valence-corrected chi connectivity index (χ3v) is 2.99. The molecule has 1 unspecified atom stereocenters. The molecule has 0 aliphatic rings. The molecule has 0 bridgehead atoms. The summed E-state index contributed by atoms with van der Waals surface area (Å²) in [5.41, 5.74) is 0.403. The van der Waals surface area contributed by atoms with Gasteiger partial charge in [0.05, 0.1) is 18.4 Å². The average Bonchev–Trinajstić information content (AvgIpc) is 2.42. The Hall–Kier alpha value is -1.82. The summed E-state index contributed by atoms with van der Waals surface area (Å²) < 4.78 is 18.4. The number of halogens is 1. The summed E-state index contributed by atoms with van der Waals surface area (Å²) in [6.45, 7) is 6.34. The van der Waals surface area contributed by atoms with Crippen LogP contribution in [-0.2, 0) is 0 Å². The molecule has 118 valence electrons. The summed E-state index contributed by atoms with van der Waals surface area (Å²) in [6, 6.07) is 3.50. The molecule has 6 heteroatoms. The maximum atomic E-state index is 13.1. The fourth-order valence-corrected chi connectivity index (χ4v) is 1.71. The predicted octanol–water partition coefficient (Wildman–Crippen LogP) is 2.75. The zero-order valence-electron chi connectivity index (χ0n) is 12.6. The monoisotopic (exact) mass is 298 g/mol. The number of carbonyl (C=O) groups is 1. The molecule has 0 aromatic heterocycles. The van der Waals surface area contributed by atoms with Crippen LogP contribution in [0.1, 0.15) is 27.2 Å². The Labute approximate surface area is 124 Å². The van der Waals surface area contributed by atoms with Crippen LogP contribution >= 0.6 is 0 Å². The molecule has 3 N–H and O–H groups in total. The molecule has 0 saturated heterocycles. The third kappa shape index (κ3) is 5.99. The van der Waals surface area contributed by atoms with Gasteiger partial charge in [-0.2, -0.15) is 0 Å². The molecular formula is C15H23FN2O3. The number of rotatable bonds is 7. The van der Waals surface area contributed by atoms with Crippen molar-refractivity contribution >= 4 is 11.7 Å². The molecule has 0 spiro atoms. The standard InChI is InChI=1S/C15H23FN2O3/c1-4-21-14-9-11(16)5-6-12(14)18-15(20)17-8-7-13(19)10(2)3/h5-6,9-10,13,19H,4,7-8H2,1-3H3,(H2,17,18,20). The van der Waals surface area contributed by atoms with Crippen molar-refractivity contribution < 1.29 is 19.0 Å². The Bertz CT molecular complexity index is 466. The molecule has 0 aliphatic heterocycles. The molecule has 1 atom stereocenters. The number of urea groups is 1. The minimum Gasteiger partial charge on any atom is -0.492 e.